The molecule has 0 heterocycles. The summed E-state index contributed by atoms with van der Waals surface area (Å²) in [6.07, 6.45) is 0. The van der Waals surface area contributed by atoms with E-state index in [1.807, 2.05) is 38.1 Å². The summed E-state index contributed by atoms with van der Waals surface area (Å²) in [6.45, 7) is 4.00. The number of nitrogens with one attached hydrogen (secondary N) is 1. The van der Waals surface area contributed by atoms with Gasteiger partial charge in [-0.15, -0.1) is 0 Å². The van der Waals surface area contributed by atoms with Crippen molar-refractivity contribution in [2.75, 3.05) is 5.73 Å². The number of aryl methyl sites for hydroxylation is 1. The largest absolute Gasteiger partial charge is 0.398 e. The number of amides is 1. The topological polar surface area (TPSA) is 55.1 Å². The molecule has 0 aliphatic rings. The minimum atomic E-state index is -0.128. The second-order valence-corrected chi connectivity index (χ2v) is 5.70. The number of hydrogen-bond donors (Lipinski definition) is 2. The van der Waals surface area contributed by atoms with E-state index in [4.69, 9.17) is 5.73 Å². The lowest BCUT2D eigenvalue weighted by molar-refractivity contribution is 0.0940. The van der Waals surface area contributed by atoms with Crippen LogP contribution in [0.1, 0.15) is 34.5 Å². The maximum Gasteiger partial charge on any atom is 0.251 e. The fourth-order valence-corrected chi connectivity index (χ4v) is 2.15. The highest BCUT2D eigenvalue weighted by molar-refractivity contribution is 9.10. The summed E-state index contributed by atoms with van der Waals surface area (Å²) in [5, 5.41) is 2.97. The summed E-state index contributed by atoms with van der Waals surface area (Å²) >= 11 is 3.32. The number of rotatable bonds is 3. The molecule has 1 amide bonds. The normalized spacial score (nSPS) is 11.9. The average molecular weight is 333 g/mol. The number of halogens is 1. The molecule has 20 heavy (non-hydrogen) atoms. The highest BCUT2D eigenvalue weighted by Gasteiger charge is 2.12. The highest BCUT2D eigenvalue weighted by atomic mass is 79.9. The molecule has 104 valence electrons. The first-order valence-corrected chi connectivity index (χ1v) is 7.19. The maximum absolute atomic E-state index is 12.2. The van der Waals surface area contributed by atoms with Crippen molar-refractivity contribution in [2.24, 2.45) is 0 Å². The Kier molecular flexibility index (Phi) is 4.45. The maximum atomic E-state index is 12.2. The molecule has 0 aliphatic carbocycles. The van der Waals surface area contributed by atoms with Gasteiger partial charge in [-0.25, -0.2) is 0 Å². The Hall–Kier alpha value is -1.81. The van der Waals surface area contributed by atoms with Crippen LogP contribution in [0.15, 0.2) is 46.9 Å². The van der Waals surface area contributed by atoms with E-state index >= 15 is 0 Å². The van der Waals surface area contributed by atoms with Gasteiger partial charge in [0.15, 0.2) is 0 Å². The van der Waals surface area contributed by atoms with Crippen molar-refractivity contribution in [3.63, 3.8) is 0 Å². The van der Waals surface area contributed by atoms with Gasteiger partial charge in [0.25, 0.3) is 5.91 Å². The van der Waals surface area contributed by atoms with Gasteiger partial charge in [0, 0.05) is 15.7 Å². The molecule has 3 nitrogen and oxygen atoms in total. The Morgan fingerprint density at radius 3 is 2.45 bits per heavy atom. The van der Waals surface area contributed by atoms with Crippen molar-refractivity contribution >= 4 is 27.5 Å². The van der Waals surface area contributed by atoms with Crippen LogP contribution in [-0.4, -0.2) is 5.91 Å². The van der Waals surface area contributed by atoms with Crippen LogP contribution in [0.2, 0.25) is 0 Å². The number of nitrogens with two attached hydrogens (primary N) is 1. The van der Waals surface area contributed by atoms with Crippen LogP contribution < -0.4 is 11.1 Å². The first kappa shape index (κ1) is 14.6. The van der Waals surface area contributed by atoms with Crippen molar-refractivity contribution in [1.29, 1.82) is 0 Å². The summed E-state index contributed by atoms with van der Waals surface area (Å²) in [5.41, 5.74) is 9.19. The number of carbonyl (C=O) groups is 1. The van der Waals surface area contributed by atoms with Gasteiger partial charge >= 0.3 is 0 Å². The van der Waals surface area contributed by atoms with Gasteiger partial charge in [-0.3, -0.25) is 4.79 Å². The van der Waals surface area contributed by atoms with Crippen molar-refractivity contribution in [3.8, 4) is 0 Å². The van der Waals surface area contributed by atoms with Crippen LogP contribution in [0.4, 0.5) is 5.69 Å². The lowest BCUT2D eigenvalue weighted by atomic mass is 10.1. The molecule has 0 saturated carbocycles. The molecule has 1 unspecified atom stereocenters. The molecule has 2 aromatic rings. The molecule has 0 aliphatic heterocycles. The number of anilines is 1. The van der Waals surface area contributed by atoms with Crippen LogP contribution in [0.3, 0.4) is 0 Å². The van der Waals surface area contributed by atoms with E-state index in [0.29, 0.717) is 11.3 Å². The van der Waals surface area contributed by atoms with E-state index < -0.39 is 0 Å². The number of nitrogen functional groups attached to an aromatic ring is 1. The molecule has 0 fully saturated rings. The van der Waals surface area contributed by atoms with E-state index in [2.05, 4.69) is 21.2 Å². The summed E-state index contributed by atoms with van der Waals surface area (Å²) in [7, 11) is 0. The molecule has 0 aromatic heterocycles. The second-order valence-electron chi connectivity index (χ2n) is 4.84. The van der Waals surface area contributed by atoms with E-state index in [0.717, 1.165) is 10.0 Å². The third-order valence-electron chi connectivity index (χ3n) is 3.18. The Bertz CT molecular complexity index is 623. The van der Waals surface area contributed by atoms with Crippen LogP contribution in [0.5, 0.6) is 0 Å². The molecule has 3 N–H and O–H groups in total. The summed E-state index contributed by atoms with van der Waals surface area (Å²) in [4.78, 5) is 12.2. The number of benzene rings is 2. The molecule has 1 atom stereocenters. The minimum Gasteiger partial charge on any atom is -0.398 e. The molecule has 0 radical (unpaired) electrons. The second kappa shape index (κ2) is 6.09. The zero-order valence-electron chi connectivity index (χ0n) is 11.5. The zero-order chi connectivity index (χ0) is 14.7. The lowest BCUT2D eigenvalue weighted by Gasteiger charge is -2.15. The quantitative estimate of drug-likeness (QED) is 0.839. The fourth-order valence-electron chi connectivity index (χ4n) is 1.90. The fraction of sp³-hybridized carbons (Fsp3) is 0.188. The number of carbonyl (C=O) groups excluding carboxylic acids is 1. The summed E-state index contributed by atoms with van der Waals surface area (Å²) < 4.78 is 0.792. The van der Waals surface area contributed by atoms with Crippen molar-refractivity contribution in [2.45, 2.75) is 19.9 Å². The van der Waals surface area contributed by atoms with Gasteiger partial charge in [-0.05, 0) is 53.5 Å². The Labute approximate surface area is 127 Å². The van der Waals surface area contributed by atoms with Crippen LogP contribution in [0, 0.1) is 6.92 Å². The summed E-state index contributed by atoms with van der Waals surface area (Å²) in [6, 6.07) is 13.3. The molecule has 2 aromatic carbocycles. The highest BCUT2D eigenvalue weighted by Crippen LogP contribution is 2.21. The van der Waals surface area contributed by atoms with E-state index in [1.165, 1.54) is 5.56 Å². The minimum absolute atomic E-state index is 0.0482. The standard InChI is InChI=1S/C16H17BrN2O/c1-10-3-5-12(6-4-10)11(2)19-16(20)13-7-8-14(17)15(18)9-13/h3-9,11H,18H2,1-2H3,(H,19,20). The van der Waals surface area contributed by atoms with Crippen LogP contribution in [-0.2, 0) is 0 Å². The van der Waals surface area contributed by atoms with Crippen LogP contribution in [0.25, 0.3) is 0 Å². The van der Waals surface area contributed by atoms with Crippen molar-refractivity contribution < 1.29 is 4.79 Å². The van der Waals surface area contributed by atoms with Gasteiger partial charge in [0.1, 0.15) is 0 Å². The Morgan fingerprint density at radius 2 is 1.85 bits per heavy atom. The summed E-state index contributed by atoms with van der Waals surface area (Å²) in [5.74, 6) is -0.128. The predicted molar refractivity (Wildman–Crippen MR) is 85.6 cm³/mol. The molecule has 2 rings (SSSR count). The lowest BCUT2D eigenvalue weighted by Crippen LogP contribution is -2.26. The molecule has 4 heteroatoms. The molecule has 0 bridgehead atoms. The third-order valence-corrected chi connectivity index (χ3v) is 3.91. The van der Waals surface area contributed by atoms with Gasteiger partial charge in [0.2, 0.25) is 0 Å². The van der Waals surface area contributed by atoms with Gasteiger partial charge in [-0.1, -0.05) is 29.8 Å². The monoisotopic (exact) mass is 332 g/mol. The predicted octanol–water partition coefficient (Wildman–Crippen LogP) is 3.83. The first-order valence-electron chi connectivity index (χ1n) is 6.40. The van der Waals surface area contributed by atoms with Crippen molar-refractivity contribution in [1.82, 2.24) is 5.32 Å². The Balaban J connectivity index is 2.10. The smallest absolute Gasteiger partial charge is 0.251 e. The Morgan fingerprint density at radius 1 is 1.20 bits per heavy atom. The van der Waals surface area contributed by atoms with Crippen LogP contribution >= 0.6 is 15.9 Å². The van der Waals surface area contributed by atoms with E-state index in [-0.39, 0.29) is 11.9 Å². The van der Waals surface area contributed by atoms with Gasteiger partial charge in [0.05, 0.1) is 6.04 Å². The third kappa shape index (κ3) is 3.39. The van der Waals surface area contributed by atoms with Crippen molar-refractivity contribution in [3.05, 3.63) is 63.6 Å². The SMILES string of the molecule is Cc1ccc(C(C)NC(=O)c2ccc(Br)c(N)c2)cc1. The molecular formula is C16H17BrN2O. The molecular weight excluding hydrogens is 316 g/mol. The molecule has 0 spiro atoms. The average Bonchev–Trinajstić information content (AvgIpc) is 2.42. The van der Waals surface area contributed by atoms with Gasteiger partial charge < -0.3 is 11.1 Å². The number of hydrogen-bond acceptors (Lipinski definition) is 2. The molecule has 0 saturated heterocycles. The first-order chi connectivity index (χ1) is 9.47. The zero-order valence-corrected chi connectivity index (χ0v) is 13.1. The van der Waals surface area contributed by atoms with E-state index in [9.17, 15) is 4.79 Å². The van der Waals surface area contributed by atoms with E-state index in [1.54, 1.807) is 18.2 Å². The van der Waals surface area contributed by atoms with Gasteiger partial charge in [-0.2, -0.15) is 0 Å².